The highest BCUT2D eigenvalue weighted by Gasteiger charge is 2.44. The Balaban J connectivity index is 2.25. The van der Waals surface area contributed by atoms with Gasteiger partial charge >= 0.3 is 0 Å². The number of ether oxygens (including phenoxy) is 1. The van der Waals surface area contributed by atoms with Crippen molar-refractivity contribution >= 4 is 0 Å². The van der Waals surface area contributed by atoms with E-state index in [4.69, 9.17) is 10.6 Å². The van der Waals surface area contributed by atoms with Crippen LogP contribution in [0.5, 0.6) is 0 Å². The highest BCUT2D eigenvalue weighted by atomic mass is 16.5. The lowest BCUT2D eigenvalue weighted by molar-refractivity contribution is 0.0509. The SMILES string of the molecule is CCC(CC)(C(NN)C1=CCCO1)N1CCCC1. The molecule has 0 amide bonds. The zero-order valence-electron chi connectivity index (χ0n) is 11.7. The van der Waals surface area contributed by atoms with Crippen molar-refractivity contribution in [2.75, 3.05) is 19.7 Å². The molecule has 0 radical (unpaired) electrons. The number of nitrogens with two attached hydrogens (primary N) is 1. The third-order valence-corrected chi connectivity index (χ3v) is 4.68. The molecular weight excluding hydrogens is 226 g/mol. The van der Waals surface area contributed by atoms with Gasteiger partial charge in [0.2, 0.25) is 0 Å². The molecule has 0 aliphatic carbocycles. The van der Waals surface area contributed by atoms with Gasteiger partial charge < -0.3 is 4.74 Å². The third-order valence-electron chi connectivity index (χ3n) is 4.68. The minimum absolute atomic E-state index is 0.0986. The van der Waals surface area contributed by atoms with Crippen molar-refractivity contribution < 1.29 is 4.74 Å². The topological polar surface area (TPSA) is 50.5 Å². The molecule has 1 unspecified atom stereocenters. The van der Waals surface area contributed by atoms with Gasteiger partial charge in [-0.05, 0) is 44.8 Å². The van der Waals surface area contributed by atoms with E-state index in [-0.39, 0.29) is 11.6 Å². The van der Waals surface area contributed by atoms with Gasteiger partial charge in [-0.15, -0.1) is 0 Å². The van der Waals surface area contributed by atoms with Gasteiger partial charge in [-0.2, -0.15) is 0 Å². The summed E-state index contributed by atoms with van der Waals surface area (Å²) in [5.41, 5.74) is 3.13. The van der Waals surface area contributed by atoms with Crippen molar-refractivity contribution in [2.24, 2.45) is 5.84 Å². The molecule has 0 bridgehead atoms. The van der Waals surface area contributed by atoms with Crippen molar-refractivity contribution in [1.29, 1.82) is 0 Å². The molecule has 2 aliphatic rings. The van der Waals surface area contributed by atoms with E-state index in [2.05, 4.69) is 30.2 Å². The van der Waals surface area contributed by atoms with E-state index in [1.54, 1.807) is 0 Å². The molecule has 2 rings (SSSR count). The third kappa shape index (κ3) is 2.29. The molecule has 18 heavy (non-hydrogen) atoms. The van der Waals surface area contributed by atoms with Crippen LogP contribution in [0, 0.1) is 0 Å². The summed E-state index contributed by atoms with van der Waals surface area (Å²) in [4.78, 5) is 2.61. The molecule has 4 heteroatoms. The van der Waals surface area contributed by atoms with E-state index in [9.17, 15) is 0 Å². The second-order valence-corrected chi connectivity index (χ2v) is 5.35. The molecular formula is C14H27N3O. The molecule has 0 aromatic rings. The lowest BCUT2D eigenvalue weighted by Crippen LogP contribution is -2.62. The fourth-order valence-electron chi connectivity index (χ4n) is 3.59. The van der Waals surface area contributed by atoms with Crippen molar-refractivity contribution in [3.05, 3.63) is 11.8 Å². The second kappa shape index (κ2) is 6.04. The van der Waals surface area contributed by atoms with Crippen LogP contribution in [0.25, 0.3) is 0 Å². The second-order valence-electron chi connectivity index (χ2n) is 5.35. The van der Waals surface area contributed by atoms with E-state index in [1.165, 1.54) is 25.9 Å². The summed E-state index contributed by atoms with van der Waals surface area (Å²) >= 11 is 0. The Morgan fingerprint density at radius 1 is 1.39 bits per heavy atom. The quantitative estimate of drug-likeness (QED) is 0.559. The molecule has 0 saturated carbocycles. The smallest absolute Gasteiger partial charge is 0.112 e. The summed E-state index contributed by atoms with van der Waals surface area (Å²) in [7, 11) is 0. The highest BCUT2D eigenvalue weighted by Crippen LogP contribution is 2.35. The number of hydrogen-bond acceptors (Lipinski definition) is 4. The molecule has 4 nitrogen and oxygen atoms in total. The Kier molecular flexibility index (Phi) is 4.65. The summed E-state index contributed by atoms with van der Waals surface area (Å²) < 4.78 is 5.77. The summed E-state index contributed by atoms with van der Waals surface area (Å²) in [6, 6.07) is 0.119. The van der Waals surface area contributed by atoms with Gasteiger partial charge in [0.05, 0.1) is 12.6 Å². The summed E-state index contributed by atoms with van der Waals surface area (Å²) in [6.07, 6.45) is 8.01. The van der Waals surface area contributed by atoms with E-state index in [0.29, 0.717) is 0 Å². The highest BCUT2D eigenvalue weighted by molar-refractivity contribution is 5.17. The molecule has 3 N–H and O–H groups in total. The number of nitrogens with zero attached hydrogens (tertiary/aromatic N) is 1. The Labute approximate surface area is 111 Å². The standard InChI is InChI=1S/C14H27N3O/c1-3-14(4-2,17-9-5-6-10-17)13(16-15)12-8-7-11-18-12/h8,13,16H,3-7,9-11,15H2,1-2H3. The summed E-state index contributed by atoms with van der Waals surface area (Å²) in [5.74, 6) is 6.91. The first kappa shape index (κ1) is 13.8. The molecule has 104 valence electrons. The van der Waals surface area contributed by atoms with Crippen LogP contribution in [0.4, 0.5) is 0 Å². The van der Waals surface area contributed by atoms with Crippen LogP contribution in [-0.4, -0.2) is 36.2 Å². The average Bonchev–Trinajstić information content (AvgIpc) is 3.08. The molecule has 0 aromatic heterocycles. The van der Waals surface area contributed by atoms with Gasteiger partial charge in [-0.25, -0.2) is 5.43 Å². The lowest BCUT2D eigenvalue weighted by atomic mass is 9.82. The molecule has 1 fully saturated rings. The number of hydrazine groups is 1. The lowest BCUT2D eigenvalue weighted by Gasteiger charge is -2.46. The predicted molar refractivity (Wildman–Crippen MR) is 73.9 cm³/mol. The first-order chi connectivity index (χ1) is 8.78. The first-order valence-electron chi connectivity index (χ1n) is 7.32. The van der Waals surface area contributed by atoms with E-state index >= 15 is 0 Å². The summed E-state index contributed by atoms with van der Waals surface area (Å²) in [5, 5.41) is 0. The zero-order valence-corrected chi connectivity index (χ0v) is 11.7. The van der Waals surface area contributed by atoms with Gasteiger partial charge in [0, 0.05) is 12.0 Å². The molecule has 0 aromatic carbocycles. The average molecular weight is 253 g/mol. The zero-order chi connectivity index (χ0) is 13.0. The molecule has 2 heterocycles. The molecule has 2 aliphatic heterocycles. The van der Waals surface area contributed by atoms with Crippen LogP contribution in [0.2, 0.25) is 0 Å². The van der Waals surface area contributed by atoms with Crippen LogP contribution in [0.15, 0.2) is 11.8 Å². The maximum Gasteiger partial charge on any atom is 0.112 e. The predicted octanol–water partition coefficient (Wildman–Crippen LogP) is 1.78. The van der Waals surface area contributed by atoms with Gasteiger partial charge in [0.25, 0.3) is 0 Å². The van der Waals surface area contributed by atoms with E-state index in [0.717, 1.165) is 31.6 Å². The van der Waals surface area contributed by atoms with Gasteiger partial charge in [-0.3, -0.25) is 10.7 Å². The summed E-state index contributed by atoms with van der Waals surface area (Å²) in [6.45, 7) is 7.71. The Hall–Kier alpha value is -0.580. The number of likely N-dealkylation sites (tertiary alicyclic amines) is 1. The van der Waals surface area contributed by atoms with Crippen molar-refractivity contribution in [2.45, 2.75) is 57.5 Å². The Morgan fingerprint density at radius 2 is 2.06 bits per heavy atom. The van der Waals surface area contributed by atoms with Crippen molar-refractivity contribution in [3.8, 4) is 0 Å². The Morgan fingerprint density at radius 3 is 2.50 bits per heavy atom. The molecule has 0 spiro atoms. The van der Waals surface area contributed by atoms with Crippen molar-refractivity contribution in [1.82, 2.24) is 10.3 Å². The van der Waals surface area contributed by atoms with Crippen LogP contribution in [0.3, 0.4) is 0 Å². The fraction of sp³-hybridized carbons (Fsp3) is 0.857. The first-order valence-corrected chi connectivity index (χ1v) is 7.32. The minimum Gasteiger partial charge on any atom is -0.496 e. The van der Waals surface area contributed by atoms with E-state index < -0.39 is 0 Å². The van der Waals surface area contributed by atoms with Gasteiger partial charge in [0.15, 0.2) is 0 Å². The van der Waals surface area contributed by atoms with Crippen LogP contribution < -0.4 is 11.3 Å². The molecule has 1 saturated heterocycles. The largest absolute Gasteiger partial charge is 0.496 e. The normalized spacial score (nSPS) is 22.9. The monoisotopic (exact) mass is 253 g/mol. The number of nitrogens with one attached hydrogen (secondary N) is 1. The van der Waals surface area contributed by atoms with Gasteiger partial charge in [0.1, 0.15) is 5.76 Å². The van der Waals surface area contributed by atoms with Crippen LogP contribution in [-0.2, 0) is 4.74 Å². The van der Waals surface area contributed by atoms with E-state index in [1.807, 2.05) is 0 Å². The maximum absolute atomic E-state index is 5.86. The molecule has 1 atom stereocenters. The number of hydrogen-bond donors (Lipinski definition) is 2. The van der Waals surface area contributed by atoms with Gasteiger partial charge in [-0.1, -0.05) is 13.8 Å². The number of rotatable bonds is 6. The maximum atomic E-state index is 5.86. The van der Waals surface area contributed by atoms with Crippen LogP contribution >= 0.6 is 0 Å². The van der Waals surface area contributed by atoms with Crippen molar-refractivity contribution in [3.63, 3.8) is 0 Å². The Bertz CT molecular complexity index is 293. The minimum atomic E-state index is 0.0986. The fourth-order valence-corrected chi connectivity index (χ4v) is 3.59. The van der Waals surface area contributed by atoms with Crippen LogP contribution in [0.1, 0.15) is 46.0 Å².